The van der Waals surface area contributed by atoms with Crippen molar-refractivity contribution in [2.24, 2.45) is 29.4 Å². The minimum Gasteiger partial charge on any atom is -0.327 e. The molecular formula is C12H23N. The number of hydrogen-bond donors (Lipinski definition) is 1. The highest BCUT2D eigenvalue weighted by atomic mass is 14.7. The van der Waals surface area contributed by atoms with Gasteiger partial charge in [-0.05, 0) is 49.4 Å². The van der Waals surface area contributed by atoms with E-state index in [-0.39, 0.29) is 0 Å². The fourth-order valence-corrected chi connectivity index (χ4v) is 3.11. The summed E-state index contributed by atoms with van der Waals surface area (Å²) in [6.07, 6.45) is 7.02. The van der Waals surface area contributed by atoms with Gasteiger partial charge in [0.25, 0.3) is 0 Å². The summed E-state index contributed by atoms with van der Waals surface area (Å²) in [5.74, 6) is 3.74. The summed E-state index contributed by atoms with van der Waals surface area (Å²) in [6, 6.07) is 0.547. The standard InChI is InChI=1S/C12H23N/c1-8-3-4-10(7-9(8)2)11-5-6-12(11)13/h8-12H,3-7,13H2,1-2H3. The van der Waals surface area contributed by atoms with Gasteiger partial charge in [0.2, 0.25) is 0 Å². The van der Waals surface area contributed by atoms with E-state index in [1.165, 1.54) is 32.1 Å². The van der Waals surface area contributed by atoms with Crippen molar-refractivity contribution < 1.29 is 0 Å². The fourth-order valence-electron chi connectivity index (χ4n) is 3.11. The molecule has 13 heavy (non-hydrogen) atoms. The molecule has 0 radical (unpaired) electrons. The van der Waals surface area contributed by atoms with Gasteiger partial charge in [0, 0.05) is 6.04 Å². The maximum atomic E-state index is 6.03. The van der Waals surface area contributed by atoms with Gasteiger partial charge in [0.15, 0.2) is 0 Å². The van der Waals surface area contributed by atoms with Crippen LogP contribution in [0.1, 0.15) is 46.0 Å². The lowest BCUT2D eigenvalue weighted by molar-refractivity contribution is 0.0893. The normalized spacial score (nSPS) is 51.5. The van der Waals surface area contributed by atoms with Crippen molar-refractivity contribution in [1.29, 1.82) is 0 Å². The first-order valence-electron chi connectivity index (χ1n) is 5.94. The van der Waals surface area contributed by atoms with Crippen LogP contribution >= 0.6 is 0 Å². The second kappa shape index (κ2) is 3.61. The van der Waals surface area contributed by atoms with Crippen molar-refractivity contribution in [2.45, 2.75) is 52.0 Å². The molecule has 2 aliphatic rings. The van der Waals surface area contributed by atoms with Crippen LogP contribution < -0.4 is 5.73 Å². The van der Waals surface area contributed by atoms with Gasteiger partial charge in [-0.15, -0.1) is 0 Å². The largest absolute Gasteiger partial charge is 0.327 e. The summed E-state index contributed by atoms with van der Waals surface area (Å²) >= 11 is 0. The predicted molar refractivity (Wildman–Crippen MR) is 56.4 cm³/mol. The average Bonchev–Trinajstić information content (AvgIpc) is 2.09. The van der Waals surface area contributed by atoms with Gasteiger partial charge in [-0.1, -0.05) is 20.3 Å². The van der Waals surface area contributed by atoms with Crippen molar-refractivity contribution in [3.8, 4) is 0 Å². The van der Waals surface area contributed by atoms with E-state index in [4.69, 9.17) is 5.73 Å². The van der Waals surface area contributed by atoms with Crippen LogP contribution in [0.25, 0.3) is 0 Å². The highest BCUT2D eigenvalue weighted by Gasteiger charge is 2.37. The van der Waals surface area contributed by atoms with Gasteiger partial charge < -0.3 is 5.73 Å². The first-order valence-corrected chi connectivity index (χ1v) is 5.94. The third kappa shape index (κ3) is 1.76. The van der Waals surface area contributed by atoms with Crippen molar-refractivity contribution in [2.75, 3.05) is 0 Å². The molecule has 76 valence electrons. The zero-order valence-electron chi connectivity index (χ0n) is 9.00. The highest BCUT2D eigenvalue weighted by Crippen LogP contribution is 2.43. The molecule has 5 unspecified atom stereocenters. The Balaban J connectivity index is 1.88. The molecule has 0 amide bonds. The Morgan fingerprint density at radius 3 is 2.15 bits per heavy atom. The summed E-state index contributed by atoms with van der Waals surface area (Å²) in [4.78, 5) is 0. The summed E-state index contributed by atoms with van der Waals surface area (Å²) in [6.45, 7) is 4.82. The van der Waals surface area contributed by atoms with Crippen LogP contribution in [0.4, 0.5) is 0 Å². The van der Waals surface area contributed by atoms with E-state index in [0.29, 0.717) is 6.04 Å². The number of nitrogens with two attached hydrogens (primary N) is 1. The number of rotatable bonds is 1. The van der Waals surface area contributed by atoms with E-state index in [0.717, 1.165) is 23.7 Å². The van der Waals surface area contributed by atoms with Gasteiger partial charge in [0.05, 0.1) is 0 Å². The predicted octanol–water partition coefficient (Wildman–Crippen LogP) is 2.80. The molecular weight excluding hydrogens is 158 g/mol. The lowest BCUT2D eigenvalue weighted by Gasteiger charge is -2.44. The average molecular weight is 181 g/mol. The van der Waals surface area contributed by atoms with Gasteiger partial charge >= 0.3 is 0 Å². The Labute approximate surface area is 82.1 Å². The Kier molecular flexibility index (Phi) is 2.64. The van der Waals surface area contributed by atoms with Gasteiger partial charge in [-0.3, -0.25) is 0 Å². The Hall–Kier alpha value is -0.0400. The lowest BCUT2D eigenvalue weighted by atomic mass is 9.63. The summed E-state index contributed by atoms with van der Waals surface area (Å²) in [5, 5.41) is 0. The molecule has 0 aromatic rings. The summed E-state index contributed by atoms with van der Waals surface area (Å²) in [7, 11) is 0. The van der Waals surface area contributed by atoms with E-state index in [2.05, 4.69) is 13.8 Å². The molecule has 1 nitrogen and oxygen atoms in total. The van der Waals surface area contributed by atoms with Gasteiger partial charge in [-0.2, -0.15) is 0 Å². The fraction of sp³-hybridized carbons (Fsp3) is 1.00. The molecule has 2 N–H and O–H groups in total. The van der Waals surface area contributed by atoms with Crippen LogP contribution in [0.15, 0.2) is 0 Å². The van der Waals surface area contributed by atoms with Crippen molar-refractivity contribution >= 4 is 0 Å². The molecule has 0 saturated heterocycles. The van der Waals surface area contributed by atoms with Crippen molar-refractivity contribution in [3.63, 3.8) is 0 Å². The molecule has 0 aliphatic heterocycles. The molecule has 0 spiro atoms. The number of hydrogen-bond acceptors (Lipinski definition) is 1. The Bertz CT molecular complexity index is 178. The third-order valence-corrected chi connectivity index (χ3v) is 4.63. The van der Waals surface area contributed by atoms with Crippen molar-refractivity contribution in [1.82, 2.24) is 0 Å². The minimum atomic E-state index is 0.547. The topological polar surface area (TPSA) is 26.0 Å². The molecule has 2 fully saturated rings. The Morgan fingerprint density at radius 2 is 1.69 bits per heavy atom. The second-order valence-electron chi connectivity index (χ2n) is 5.43. The van der Waals surface area contributed by atoms with E-state index in [9.17, 15) is 0 Å². The van der Waals surface area contributed by atoms with Gasteiger partial charge in [-0.25, -0.2) is 0 Å². The smallest absolute Gasteiger partial charge is 0.00699 e. The second-order valence-corrected chi connectivity index (χ2v) is 5.43. The van der Waals surface area contributed by atoms with Crippen LogP contribution in [-0.4, -0.2) is 6.04 Å². The lowest BCUT2D eigenvalue weighted by Crippen LogP contribution is -2.45. The van der Waals surface area contributed by atoms with E-state index >= 15 is 0 Å². The highest BCUT2D eigenvalue weighted by molar-refractivity contribution is 4.91. The van der Waals surface area contributed by atoms with E-state index in [1.54, 1.807) is 0 Å². The van der Waals surface area contributed by atoms with E-state index < -0.39 is 0 Å². The van der Waals surface area contributed by atoms with Crippen LogP contribution in [0.3, 0.4) is 0 Å². The molecule has 1 heteroatoms. The minimum absolute atomic E-state index is 0.547. The van der Waals surface area contributed by atoms with Crippen LogP contribution in [0.2, 0.25) is 0 Å². The first kappa shape index (κ1) is 9.51. The zero-order chi connectivity index (χ0) is 9.42. The molecule has 0 aromatic carbocycles. The van der Waals surface area contributed by atoms with Crippen LogP contribution in [0, 0.1) is 23.7 Å². The monoisotopic (exact) mass is 181 g/mol. The SMILES string of the molecule is CC1CCC(C2CCC2N)CC1C. The molecule has 5 atom stereocenters. The summed E-state index contributed by atoms with van der Waals surface area (Å²) < 4.78 is 0. The molecule has 2 rings (SSSR count). The first-order chi connectivity index (χ1) is 6.18. The molecule has 2 saturated carbocycles. The quantitative estimate of drug-likeness (QED) is 0.661. The maximum absolute atomic E-state index is 6.03. The third-order valence-electron chi connectivity index (χ3n) is 4.63. The van der Waals surface area contributed by atoms with Gasteiger partial charge in [0.1, 0.15) is 0 Å². The van der Waals surface area contributed by atoms with Crippen LogP contribution in [0.5, 0.6) is 0 Å². The molecule has 0 heterocycles. The molecule has 0 aromatic heterocycles. The van der Waals surface area contributed by atoms with Crippen molar-refractivity contribution in [3.05, 3.63) is 0 Å². The summed E-state index contributed by atoms with van der Waals surface area (Å²) in [5.41, 5.74) is 6.03. The molecule has 2 aliphatic carbocycles. The van der Waals surface area contributed by atoms with E-state index in [1.807, 2.05) is 0 Å². The zero-order valence-corrected chi connectivity index (χ0v) is 9.00. The Morgan fingerprint density at radius 1 is 0.923 bits per heavy atom. The maximum Gasteiger partial charge on any atom is 0.00699 e. The van der Waals surface area contributed by atoms with Crippen LogP contribution in [-0.2, 0) is 0 Å². The molecule has 0 bridgehead atoms.